The molecule has 0 amide bonds. The molecule has 0 spiro atoms. The number of benzene rings is 1. The van der Waals surface area contributed by atoms with Gasteiger partial charge in [0.05, 0.1) is 18.5 Å². The summed E-state index contributed by atoms with van der Waals surface area (Å²) in [7, 11) is 1.71. The first-order chi connectivity index (χ1) is 10.5. The molecule has 0 N–H and O–H groups in total. The second-order valence-corrected chi connectivity index (χ2v) is 6.67. The minimum atomic E-state index is 0.438. The van der Waals surface area contributed by atoms with Crippen molar-refractivity contribution in [1.29, 1.82) is 0 Å². The minimum absolute atomic E-state index is 0.438. The van der Waals surface area contributed by atoms with Gasteiger partial charge >= 0.3 is 0 Å². The van der Waals surface area contributed by atoms with Gasteiger partial charge in [-0.3, -0.25) is 0 Å². The summed E-state index contributed by atoms with van der Waals surface area (Å²) in [6.45, 7) is 8.46. The van der Waals surface area contributed by atoms with Crippen LogP contribution in [0.3, 0.4) is 0 Å². The third-order valence-corrected chi connectivity index (χ3v) is 4.86. The number of thiazole rings is 1. The van der Waals surface area contributed by atoms with Crippen molar-refractivity contribution in [1.82, 2.24) is 9.97 Å². The molecule has 0 aliphatic carbocycles. The summed E-state index contributed by atoms with van der Waals surface area (Å²) < 4.78 is 5.44. The van der Waals surface area contributed by atoms with Gasteiger partial charge < -0.3 is 4.74 Å². The van der Waals surface area contributed by atoms with Crippen molar-refractivity contribution < 1.29 is 4.74 Å². The van der Waals surface area contributed by atoms with E-state index in [2.05, 4.69) is 45.2 Å². The van der Waals surface area contributed by atoms with Crippen LogP contribution in [0.25, 0.3) is 21.5 Å². The standard InChI is InChI=1S/C18H20N2OS/c1-10(2)16-9-22-18(20-16)15-8-14-11(3)17(21-5)7-6-13(14)12(4)19-15/h6-10H,1-5H3. The van der Waals surface area contributed by atoms with E-state index in [1.165, 1.54) is 10.8 Å². The highest BCUT2D eigenvalue weighted by Crippen LogP contribution is 2.33. The molecule has 114 valence electrons. The Balaban J connectivity index is 2.20. The van der Waals surface area contributed by atoms with Gasteiger partial charge in [0, 0.05) is 16.5 Å². The van der Waals surface area contributed by atoms with Gasteiger partial charge in [0.2, 0.25) is 0 Å². The molecule has 22 heavy (non-hydrogen) atoms. The van der Waals surface area contributed by atoms with Crippen LogP contribution in [-0.4, -0.2) is 17.1 Å². The zero-order chi connectivity index (χ0) is 15.9. The van der Waals surface area contributed by atoms with E-state index in [9.17, 15) is 0 Å². The number of aryl methyl sites for hydroxylation is 2. The minimum Gasteiger partial charge on any atom is -0.496 e. The average Bonchev–Trinajstić information content (AvgIpc) is 2.98. The lowest BCUT2D eigenvalue weighted by atomic mass is 10.0. The lowest BCUT2D eigenvalue weighted by Crippen LogP contribution is -1.94. The molecule has 0 fully saturated rings. The van der Waals surface area contributed by atoms with Crippen molar-refractivity contribution in [3.63, 3.8) is 0 Å². The first kappa shape index (κ1) is 15.0. The second kappa shape index (κ2) is 5.69. The zero-order valence-corrected chi connectivity index (χ0v) is 14.4. The van der Waals surface area contributed by atoms with Gasteiger partial charge in [0.15, 0.2) is 0 Å². The molecule has 0 aliphatic heterocycles. The number of hydrogen-bond acceptors (Lipinski definition) is 4. The van der Waals surface area contributed by atoms with Crippen molar-refractivity contribution in [2.45, 2.75) is 33.6 Å². The fraction of sp³-hybridized carbons (Fsp3) is 0.333. The summed E-state index contributed by atoms with van der Waals surface area (Å²) in [5.74, 6) is 1.35. The van der Waals surface area contributed by atoms with E-state index in [4.69, 9.17) is 14.7 Å². The maximum atomic E-state index is 5.44. The van der Waals surface area contributed by atoms with Gasteiger partial charge in [-0.2, -0.15) is 0 Å². The molecular weight excluding hydrogens is 292 g/mol. The van der Waals surface area contributed by atoms with Crippen LogP contribution in [0.1, 0.15) is 36.7 Å². The molecule has 0 aliphatic rings. The Morgan fingerprint density at radius 2 is 1.86 bits per heavy atom. The van der Waals surface area contributed by atoms with Gasteiger partial charge in [-0.05, 0) is 48.9 Å². The highest BCUT2D eigenvalue weighted by atomic mass is 32.1. The second-order valence-electron chi connectivity index (χ2n) is 5.81. The Morgan fingerprint density at radius 3 is 2.50 bits per heavy atom. The highest BCUT2D eigenvalue weighted by Gasteiger charge is 2.13. The van der Waals surface area contributed by atoms with Crippen LogP contribution in [0.15, 0.2) is 23.6 Å². The zero-order valence-electron chi connectivity index (χ0n) is 13.6. The van der Waals surface area contributed by atoms with Gasteiger partial charge in [0.1, 0.15) is 10.8 Å². The largest absolute Gasteiger partial charge is 0.496 e. The molecule has 3 rings (SSSR count). The summed E-state index contributed by atoms with van der Waals surface area (Å²) in [5.41, 5.74) is 4.24. The van der Waals surface area contributed by atoms with E-state index in [0.717, 1.165) is 33.4 Å². The summed E-state index contributed by atoms with van der Waals surface area (Å²) in [6, 6.07) is 6.21. The molecule has 0 saturated heterocycles. The molecule has 1 aromatic carbocycles. The van der Waals surface area contributed by atoms with E-state index < -0.39 is 0 Å². The predicted molar refractivity (Wildman–Crippen MR) is 93.0 cm³/mol. The molecular formula is C18H20N2OS. The van der Waals surface area contributed by atoms with E-state index >= 15 is 0 Å². The van der Waals surface area contributed by atoms with Gasteiger partial charge in [0.25, 0.3) is 0 Å². The number of ether oxygens (including phenoxy) is 1. The number of methoxy groups -OCH3 is 1. The number of nitrogens with zero attached hydrogens (tertiary/aromatic N) is 2. The van der Waals surface area contributed by atoms with Crippen molar-refractivity contribution in [2.24, 2.45) is 0 Å². The maximum absolute atomic E-state index is 5.44. The summed E-state index contributed by atoms with van der Waals surface area (Å²) in [6.07, 6.45) is 0. The lowest BCUT2D eigenvalue weighted by Gasteiger charge is -2.11. The van der Waals surface area contributed by atoms with Crippen molar-refractivity contribution >= 4 is 22.1 Å². The molecule has 2 heterocycles. The highest BCUT2D eigenvalue weighted by molar-refractivity contribution is 7.13. The molecule has 0 saturated carbocycles. The van der Waals surface area contributed by atoms with Gasteiger partial charge in [-0.1, -0.05) is 13.8 Å². The summed E-state index contributed by atoms with van der Waals surface area (Å²) >= 11 is 1.66. The van der Waals surface area contributed by atoms with E-state index in [1.54, 1.807) is 18.4 Å². The number of rotatable bonds is 3. The molecule has 0 radical (unpaired) electrons. The van der Waals surface area contributed by atoms with Gasteiger partial charge in [-0.15, -0.1) is 11.3 Å². The molecule has 2 aromatic heterocycles. The first-order valence-corrected chi connectivity index (χ1v) is 8.30. The number of pyridine rings is 1. The van der Waals surface area contributed by atoms with Crippen LogP contribution in [0.2, 0.25) is 0 Å². The summed E-state index contributed by atoms with van der Waals surface area (Å²) in [5, 5.41) is 5.46. The quantitative estimate of drug-likeness (QED) is 0.674. The van der Waals surface area contributed by atoms with Gasteiger partial charge in [-0.25, -0.2) is 9.97 Å². The Hall–Kier alpha value is -1.94. The third kappa shape index (κ3) is 2.48. The number of hydrogen-bond donors (Lipinski definition) is 0. The topological polar surface area (TPSA) is 35.0 Å². The van der Waals surface area contributed by atoms with Crippen LogP contribution in [-0.2, 0) is 0 Å². The van der Waals surface area contributed by atoms with E-state index in [1.807, 2.05) is 6.07 Å². The van der Waals surface area contributed by atoms with Crippen molar-refractivity contribution in [3.8, 4) is 16.5 Å². The van der Waals surface area contributed by atoms with Crippen LogP contribution >= 0.6 is 11.3 Å². The fourth-order valence-electron chi connectivity index (χ4n) is 2.62. The third-order valence-electron chi connectivity index (χ3n) is 3.98. The van der Waals surface area contributed by atoms with E-state index in [-0.39, 0.29) is 0 Å². The lowest BCUT2D eigenvalue weighted by molar-refractivity contribution is 0.412. The Kier molecular flexibility index (Phi) is 3.87. The van der Waals surface area contributed by atoms with Crippen LogP contribution in [0.5, 0.6) is 5.75 Å². The SMILES string of the molecule is COc1ccc2c(C)nc(-c3nc(C(C)C)cs3)cc2c1C. The van der Waals surface area contributed by atoms with Crippen LogP contribution in [0, 0.1) is 13.8 Å². The molecule has 0 atom stereocenters. The molecule has 3 nitrogen and oxygen atoms in total. The Labute approximate surface area is 135 Å². The Bertz CT molecular complexity index is 836. The maximum Gasteiger partial charge on any atom is 0.142 e. The van der Waals surface area contributed by atoms with E-state index in [0.29, 0.717) is 5.92 Å². The first-order valence-electron chi connectivity index (χ1n) is 7.42. The molecule has 4 heteroatoms. The molecule has 3 aromatic rings. The Morgan fingerprint density at radius 1 is 1.09 bits per heavy atom. The summed E-state index contributed by atoms with van der Waals surface area (Å²) in [4.78, 5) is 9.47. The average molecular weight is 312 g/mol. The number of fused-ring (bicyclic) bond motifs is 1. The molecule has 0 bridgehead atoms. The number of aromatic nitrogens is 2. The van der Waals surface area contributed by atoms with Crippen molar-refractivity contribution in [2.75, 3.05) is 7.11 Å². The smallest absolute Gasteiger partial charge is 0.142 e. The van der Waals surface area contributed by atoms with Crippen LogP contribution < -0.4 is 4.74 Å². The molecule has 0 unspecified atom stereocenters. The predicted octanol–water partition coefficient (Wildman–Crippen LogP) is 5.11. The monoisotopic (exact) mass is 312 g/mol. The normalized spacial score (nSPS) is 11.4. The van der Waals surface area contributed by atoms with Crippen LogP contribution in [0.4, 0.5) is 0 Å². The van der Waals surface area contributed by atoms with Crippen molar-refractivity contribution in [3.05, 3.63) is 40.5 Å². The fourth-order valence-corrected chi connectivity index (χ4v) is 3.56.